The molecule has 1 saturated heterocycles. The number of ketones is 2. The number of rotatable bonds is 4. The number of hydrogen-bond donors (Lipinski definition) is 1. The molecule has 30 heavy (non-hydrogen) atoms. The normalized spacial score (nSPS) is 16.4. The summed E-state index contributed by atoms with van der Waals surface area (Å²) < 4.78 is 27.0. The molecule has 1 aliphatic heterocycles. The maximum Gasteiger partial charge on any atom is 0.253 e. The lowest BCUT2D eigenvalue weighted by Crippen LogP contribution is -2.49. The van der Waals surface area contributed by atoms with Gasteiger partial charge in [-0.3, -0.25) is 19.3 Å². The van der Waals surface area contributed by atoms with E-state index in [2.05, 4.69) is 0 Å². The average Bonchev–Trinajstić information content (AvgIpc) is 2.76. The molecule has 1 aliphatic carbocycles. The number of hydrogen-bond acceptors (Lipinski definition) is 7. The number of piperazine rings is 1. The maximum atomic E-state index is 13.0. The molecule has 1 fully saturated rings. The molecule has 0 saturated carbocycles. The van der Waals surface area contributed by atoms with E-state index in [0.29, 0.717) is 37.5 Å². The summed E-state index contributed by atoms with van der Waals surface area (Å²) in [5.41, 5.74) is 1.27. The molecule has 0 spiro atoms. The summed E-state index contributed by atoms with van der Waals surface area (Å²) in [6.45, 7) is 1.72. The van der Waals surface area contributed by atoms with Crippen LogP contribution in [0.25, 0.3) is 0 Å². The Morgan fingerprint density at radius 3 is 2.37 bits per heavy atom. The third-order valence-electron chi connectivity index (χ3n) is 5.45. The van der Waals surface area contributed by atoms with E-state index in [1.807, 2.05) is 0 Å². The standard InChI is InChI=1S/C21H20N2O6S/c1-29-17-4-2-3-15-18(17)20(25)14-6-5-13(11-16(14)19(15)24)21(26)23-9-7-22(8-10-23)12-30(27)28/h2-6,11,30H,7-10,12H2,1H3. The van der Waals surface area contributed by atoms with E-state index >= 15 is 0 Å². The van der Waals surface area contributed by atoms with Gasteiger partial charge < -0.3 is 9.64 Å². The van der Waals surface area contributed by atoms with Gasteiger partial charge in [-0.2, -0.15) is 0 Å². The third kappa shape index (κ3) is 3.50. The summed E-state index contributed by atoms with van der Waals surface area (Å²) in [5, 5.41) is 0. The number of nitrogens with zero attached hydrogens (tertiary/aromatic N) is 2. The molecular formula is C21H20N2O6S. The van der Waals surface area contributed by atoms with E-state index in [1.54, 1.807) is 34.1 Å². The van der Waals surface area contributed by atoms with E-state index < -0.39 is 10.7 Å². The molecule has 0 N–H and O–H groups in total. The highest BCUT2D eigenvalue weighted by atomic mass is 32.2. The molecule has 1 heterocycles. The molecule has 9 heteroatoms. The summed E-state index contributed by atoms with van der Waals surface area (Å²) >= 11 is 0. The molecular weight excluding hydrogens is 408 g/mol. The summed E-state index contributed by atoms with van der Waals surface area (Å²) in [7, 11) is -1.05. The van der Waals surface area contributed by atoms with Crippen LogP contribution in [0.1, 0.15) is 42.2 Å². The lowest BCUT2D eigenvalue weighted by atomic mass is 9.82. The highest BCUT2D eigenvalue weighted by Crippen LogP contribution is 2.33. The summed E-state index contributed by atoms with van der Waals surface area (Å²) in [5.74, 6) is -0.556. The zero-order chi connectivity index (χ0) is 21.4. The average molecular weight is 428 g/mol. The zero-order valence-corrected chi connectivity index (χ0v) is 17.2. The first-order chi connectivity index (χ1) is 14.4. The fraction of sp³-hybridized carbons (Fsp3) is 0.286. The van der Waals surface area contributed by atoms with Gasteiger partial charge in [-0.25, -0.2) is 8.42 Å². The van der Waals surface area contributed by atoms with Crippen molar-refractivity contribution in [1.82, 2.24) is 9.80 Å². The molecule has 0 atom stereocenters. The Labute approximate surface area is 175 Å². The van der Waals surface area contributed by atoms with Crippen molar-refractivity contribution in [3.63, 3.8) is 0 Å². The van der Waals surface area contributed by atoms with Crippen LogP contribution in [-0.2, 0) is 10.7 Å². The van der Waals surface area contributed by atoms with Gasteiger partial charge in [0.2, 0.25) is 0 Å². The third-order valence-corrected chi connectivity index (χ3v) is 6.08. The van der Waals surface area contributed by atoms with Gasteiger partial charge in [-0.15, -0.1) is 0 Å². The van der Waals surface area contributed by atoms with Gasteiger partial charge >= 0.3 is 0 Å². The highest BCUT2D eigenvalue weighted by molar-refractivity contribution is 7.72. The minimum absolute atomic E-state index is 0.0182. The van der Waals surface area contributed by atoms with Crippen molar-refractivity contribution in [2.24, 2.45) is 0 Å². The second kappa shape index (κ2) is 8.00. The minimum Gasteiger partial charge on any atom is -0.496 e. The number of amides is 1. The zero-order valence-electron chi connectivity index (χ0n) is 16.3. The smallest absolute Gasteiger partial charge is 0.253 e. The van der Waals surface area contributed by atoms with Crippen LogP contribution in [0.15, 0.2) is 36.4 Å². The predicted octanol–water partition coefficient (Wildman–Crippen LogP) is 0.797. The minimum atomic E-state index is -2.49. The number of thiol groups is 1. The largest absolute Gasteiger partial charge is 0.496 e. The van der Waals surface area contributed by atoms with Gasteiger partial charge in [0.25, 0.3) is 5.91 Å². The van der Waals surface area contributed by atoms with Crippen LogP contribution in [0.3, 0.4) is 0 Å². The molecule has 0 bridgehead atoms. The first kappa shape index (κ1) is 20.2. The Morgan fingerprint density at radius 2 is 1.70 bits per heavy atom. The predicted molar refractivity (Wildman–Crippen MR) is 109 cm³/mol. The monoisotopic (exact) mass is 428 g/mol. The van der Waals surface area contributed by atoms with E-state index in [0.717, 1.165) is 0 Å². The Bertz CT molecular complexity index is 1120. The fourth-order valence-electron chi connectivity index (χ4n) is 3.91. The summed E-state index contributed by atoms with van der Waals surface area (Å²) in [6, 6.07) is 9.40. The van der Waals surface area contributed by atoms with Gasteiger partial charge in [0.05, 0.1) is 18.6 Å². The lowest BCUT2D eigenvalue weighted by Gasteiger charge is -2.33. The molecule has 1 amide bonds. The second-order valence-electron chi connectivity index (χ2n) is 7.19. The van der Waals surface area contributed by atoms with Crippen molar-refractivity contribution < 1.29 is 27.5 Å². The van der Waals surface area contributed by atoms with Crippen LogP contribution in [0.4, 0.5) is 0 Å². The molecule has 2 aromatic rings. The Balaban J connectivity index is 1.60. The Kier molecular flexibility index (Phi) is 5.40. The molecule has 156 valence electrons. The van der Waals surface area contributed by atoms with Gasteiger partial charge in [-0.05, 0) is 24.3 Å². The van der Waals surface area contributed by atoms with Gasteiger partial charge in [0, 0.05) is 48.4 Å². The van der Waals surface area contributed by atoms with Gasteiger partial charge in [0.1, 0.15) is 5.75 Å². The molecule has 2 aromatic carbocycles. The maximum absolute atomic E-state index is 13.0. The Hall–Kier alpha value is -3.04. The number of carbonyl (C=O) groups is 3. The topological polar surface area (TPSA) is 101 Å². The summed E-state index contributed by atoms with van der Waals surface area (Å²) in [4.78, 5) is 42.3. The highest BCUT2D eigenvalue weighted by Gasteiger charge is 2.33. The van der Waals surface area contributed by atoms with Crippen molar-refractivity contribution in [2.75, 3.05) is 39.2 Å². The quantitative estimate of drug-likeness (QED) is 0.614. The Morgan fingerprint density at radius 1 is 0.967 bits per heavy atom. The number of benzene rings is 2. The van der Waals surface area contributed by atoms with Crippen molar-refractivity contribution in [3.8, 4) is 5.75 Å². The van der Waals surface area contributed by atoms with E-state index in [9.17, 15) is 22.8 Å². The van der Waals surface area contributed by atoms with Gasteiger partial charge in [-0.1, -0.05) is 12.1 Å². The molecule has 0 aromatic heterocycles. The molecule has 8 nitrogen and oxygen atoms in total. The van der Waals surface area contributed by atoms with Crippen LogP contribution in [0.5, 0.6) is 5.75 Å². The number of fused-ring (bicyclic) bond motifs is 2. The fourth-order valence-corrected chi connectivity index (χ4v) is 4.52. The SMILES string of the molecule is COc1cccc2c1C(=O)c1ccc(C(=O)N3CCN(C[SH](=O)=O)CC3)cc1C2=O. The molecule has 2 aliphatic rings. The van der Waals surface area contributed by atoms with Crippen LogP contribution in [0.2, 0.25) is 0 Å². The van der Waals surface area contributed by atoms with Crippen LogP contribution in [-0.4, -0.2) is 74.9 Å². The first-order valence-electron chi connectivity index (χ1n) is 9.44. The lowest BCUT2D eigenvalue weighted by molar-refractivity contribution is 0.0657. The number of ether oxygens (including phenoxy) is 1. The van der Waals surface area contributed by atoms with E-state index in [-0.39, 0.29) is 45.6 Å². The number of methoxy groups -OCH3 is 1. The molecule has 0 unspecified atom stereocenters. The molecule has 4 rings (SSSR count). The first-order valence-corrected chi connectivity index (χ1v) is 10.8. The van der Waals surface area contributed by atoms with Crippen LogP contribution in [0, 0.1) is 0 Å². The van der Waals surface area contributed by atoms with Crippen LogP contribution < -0.4 is 4.74 Å². The van der Waals surface area contributed by atoms with E-state index in [1.165, 1.54) is 19.2 Å². The van der Waals surface area contributed by atoms with E-state index in [4.69, 9.17) is 4.74 Å². The van der Waals surface area contributed by atoms with Crippen molar-refractivity contribution >= 4 is 28.2 Å². The van der Waals surface area contributed by atoms with Crippen molar-refractivity contribution in [3.05, 3.63) is 64.2 Å². The van der Waals surface area contributed by atoms with Gasteiger partial charge in [0.15, 0.2) is 22.3 Å². The number of carbonyl (C=O) groups excluding carboxylic acids is 3. The van der Waals surface area contributed by atoms with Crippen molar-refractivity contribution in [1.29, 1.82) is 0 Å². The molecule has 0 radical (unpaired) electrons. The summed E-state index contributed by atoms with van der Waals surface area (Å²) in [6.07, 6.45) is 0. The van der Waals surface area contributed by atoms with Crippen molar-refractivity contribution in [2.45, 2.75) is 0 Å². The second-order valence-corrected chi connectivity index (χ2v) is 8.13. The van der Waals surface area contributed by atoms with Crippen LogP contribution >= 0.6 is 0 Å².